The van der Waals surface area contributed by atoms with Crippen molar-refractivity contribution in [2.75, 3.05) is 13.7 Å². The molecule has 100 valence electrons. The second-order valence-corrected chi connectivity index (χ2v) is 4.58. The van der Waals surface area contributed by atoms with Gasteiger partial charge in [0, 0.05) is 13.0 Å². The smallest absolute Gasteiger partial charge is 0.220 e. The first-order valence-electron chi connectivity index (χ1n) is 6.26. The van der Waals surface area contributed by atoms with Gasteiger partial charge >= 0.3 is 0 Å². The maximum atomic E-state index is 11.4. The van der Waals surface area contributed by atoms with E-state index in [0.717, 1.165) is 24.8 Å². The Labute approximate surface area is 113 Å². The Bertz CT molecular complexity index is 393. The summed E-state index contributed by atoms with van der Waals surface area (Å²) >= 11 is 6.03. The third-order valence-electron chi connectivity index (χ3n) is 2.71. The molecular formula is C14H20ClNO2. The van der Waals surface area contributed by atoms with Crippen LogP contribution < -0.4 is 10.1 Å². The molecule has 0 aliphatic heterocycles. The molecule has 1 rings (SSSR count). The van der Waals surface area contributed by atoms with Crippen LogP contribution in [0.25, 0.3) is 0 Å². The predicted octanol–water partition coefficient (Wildman–Crippen LogP) is 3.20. The minimum Gasteiger partial charge on any atom is -0.495 e. The highest BCUT2D eigenvalue weighted by Crippen LogP contribution is 2.24. The molecule has 0 bridgehead atoms. The molecule has 1 aromatic rings. The number of amides is 1. The fourth-order valence-electron chi connectivity index (χ4n) is 1.64. The van der Waals surface area contributed by atoms with Crippen LogP contribution in [0.4, 0.5) is 0 Å². The Morgan fingerprint density at radius 2 is 2.22 bits per heavy atom. The van der Waals surface area contributed by atoms with Crippen molar-refractivity contribution in [1.29, 1.82) is 0 Å². The van der Waals surface area contributed by atoms with E-state index in [1.165, 1.54) is 0 Å². The van der Waals surface area contributed by atoms with E-state index >= 15 is 0 Å². The number of carbonyl (C=O) groups is 1. The summed E-state index contributed by atoms with van der Waals surface area (Å²) in [6, 6.07) is 5.68. The third kappa shape index (κ3) is 4.96. The number of unbranched alkanes of at least 4 members (excludes halogenated alkanes) is 1. The number of ether oxygens (including phenoxy) is 1. The molecule has 0 aliphatic rings. The second kappa shape index (κ2) is 7.98. The van der Waals surface area contributed by atoms with Gasteiger partial charge in [-0.3, -0.25) is 4.79 Å². The average Bonchev–Trinajstić information content (AvgIpc) is 2.36. The van der Waals surface area contributed by atoms with E-state index in [1.54, 1.807) is 7.11 Å². The SMILES string of the molecule is CCCCC(=O)NCCc1ccc(OC)c(Cl)c1. The zero-order valence-corrected chi connectivity index (χ0v) is 11.7. The van der Waals surface area contributed by atoms with Crippen LogP contribution in [0.15, 0.2) is 18.2 Å². The van der Waals surface area contributed by atoms with Gasteiger partial charge in [0.15, 0.2) is 0 Å². The van der Waals surface area contributed by atoms with Crippen LogP contribution in [0.1, 0.15) is 31.7 Å². The van der Waals surface area contributed by atoms with E-state index in [0.29, 0.717) is 23.7 Å². The Morgan fingerprint density at radius 1 is 1.44 bits per heavy atom. The summed E-state index contributed by atoms with van der Waals surface area (Å²) in [6.07, 6.45) is 3.38. The fraction of sp³-hybridized carbons (Fsp3) is 0.500. The van der Waals surface area contributed by atoms with Gasteiger partial charge in [-0.2, -0.15) is 0 Å². The minimum absolute atomic E-state index is 0.122. The highest BCUT2D eigenvalue weighted by molar-refractivity contribution is 6.32. The molecule has 0 aliphatic carbocycles. The number of methoxy groups -OCH3 is 1. The monoisotopic (exact) mass is 269 g/mol. The summed E-state index contributed by atoms with van der Waals surface area (Å²) < 4.78 is 5.09. The average molecular weight is 270 g/mol. The molecule has 0 saturated carbocycles. The maximum absolute atomic E-state index is 11.4. The zero-order valence-electron chi connectivity index (χ0n) is 11.0. The minimum atomic E-state index is 0.122. The Balaban J connectivity index is 2.35. The number of carbonyl (C=O) groups excluding carboxylic acids is 1. The van der Waals surface area contributed by atoms with E-state index in [2.05, 4.69) is 12.2 Å². The number of rotatable bonds is 7. The normalized spacial score (nSPS) is 10.2. The van der Waals surface area contributed by atoms with Crippen LogP contribution in [0, 0.1) is 0 Å². The van der Waals surface area contributed by atoms with Crippen LogP contribution in [0.2, 0.25) is 5.02 Å². The van der Waals surface area contributed by atoms with E-state index in [1.807, 2.05) is 18.2 Å². The van der Waals surface area contributed by atoms with Gasteiger partial charge in [-0.15, -0.1) is 0 Å². The quantitative estimate of drug-likeness (QED) is 0.826. The Morgan fingerprint density at radius 3 is 2.83 bits per heavy atom. The lowest BCUT2D eigenvalue weighted by Crippen LogP contribution is -2.25. The third-order valence-corrected chi connectivity index (χ3v) is 3.00. The molecule has 3 nitrogen and oxygen atoms in total. The number of hydrogen-bond acceptors (Lipinski definition) is 2. The van der Waals surface area contributed by atoms with Crippen molar-refractivity contribution in [3.05, 3.63) is 28.8 Å². The van der Waals surface area contributed by atoms with E-state index in [4.69, 9.17) is 16.3 Å². The summed E-state index contributed by atoms with van der Waals surface area (Å²) in [5.74, 6) is 0.795. The van der Waals surface area contributed by atoms with Gasteiger partial charge in [-0.1, -0.05) is 31.0 Å². The number of hydrogen-bond donors (Lipinski definition) is 1. The van der Waals surface area contributed by atoms with Crippen molar-refractivity contribution in [3.63, 3.8) is 0 Å². The Kier molecular flexibility index (Phi) is 6.58. The summed E-state index contributed by atoms with van der Waals surface area (Å²) in [5, 5.41) is 3.50. The molecule has 1 aromatic carbocycles. The van der Waals surface area contributed by atoms with Crippen LogP contribution in [-0.2, 0) is 11.2 Å². The lowest BCUT2D eigenvalue weighted by atomic mass is 10.1. The molecule has 0 fully saturated rings. The van der Waals surface area contributed by atoms with Crippen LogP contribution in [0.5, 0.6) is 5.75 Å². The largest absolute Gasteiger partial charge is 0.495 e. The van der Waals surface area contributed by atoms with Crippen molar-refractivity contribution < 1.29 is 9.53 Å². The van der Waals surface area contributed by atoms with E-state index < -0.39 is 0 Å². The second-order valence-electron chi connectivity index (χ2n) is 4.17. The molecule has 0 heterocycles. The molecule has 18 heavy (non-hydrogen) atoms. The first-order valence-corrected chi connectivity index (χ1v) is 6.64. The topological polar surface area (TPSA) is 38.3 Å². The zero-order chi connectivity index (χ0) is 13.4. The van der Waals surface area contributed by atoms with Crippen molar-refractivity contribution in [1.82, 2.24) is 5.32 Å². The first-order chi connectivity index (χ1) is 8.67. The Hall–Kier alpha value is -1.22. The lowest BCUT2D eigenvalue weighted by molar-refractivity contribution is -0.121. The van der Waals surface area contributed by atoms with Crippen molar-refractivity contribution in [2.24, 2.45) is 0 Å². The van der Waals surface area contributed by atoms with E-state index in [9.17, 15) is 4.79 Å². The van der Waals surface area contributed by atoms with Gasteiger partial charge in [0.05, 0.1) is 12.1 Å². The van der Waals surface area contributed by atoms with Crippen LogP contribution in [0.3, 0.4) is 0 Å². The van der Waals surface area contributed by atoms with Crippen molar-refractivity contribution >= 4 is 17.5 Å². The van der Waals surface area contributed by atoms with Crippen molar-refractivity contribution in [2.45, 2.75) is 32.6 Å². The molecule has 0 saturated heterocycles. The van der Waals surface area contributed by atoms with Gasteiger partial charge in [0.25, 0.3) is 0 Å². The maximum Gasteiger partial charge on any atom is 0.220 e. The standard InChI is InChI=1S/C14H20ClNO2/c1-3-4-5-14(17)16-9-8-11-6-7-13(18-2)12(15)10-11/h6-7,10H,3-5,8-9H2,1-2H3,(H,16,17). The van der Waals surface area contributed by atoms with Gasteiger partial charge < -0.3 is 10.1 Å². The summed E-state index contributed by atoms with van der Waals surface area (Å²) in [6.45, 7) is 2.72. The molecule has 0 aromatic heterocycles. The molecule has 0 unspecified atom stereocenters. The number of benzene rings is 1. The molecular weight excluding hydrogens is 250 g/mol. The van der Waals surface area contributed by atoms with Gasteiger partial charge in [-0.25, -0.2) is 0 Å². The summed E-state index contributed by atoms with van der Waals surface area (Å²) in [7, 11) is 1.59. The van der Waals surface area contributed by atoms with Gasteiger partial charge in [0.1, 0.15) is 5.75 Å². The molecule has 0 atom stereocenters. The molecule has 1 N–H and O–H groups in total. The number of halogens is 1. The van der Waals surface area contributed by atoms with E-state index in [-0.39, 0.29) is 5.91 Å². The number of nitrogens with one attached hydrogen (secondary N) is 1. The molecule has 0 radical (unpaired) electrons. The predicted molar refractivity (Wildman–Crippen MR) is 74.2 cm³/mol. The first kappa shape index (κ1) is 14.8. The molecule has 0 spiro atoms. The summed E-state index contributed by atoms with van der Waals surface area (Å²) in [5.41, 5.74) is 1.09. The van der Waals surface area contributed by atoms with Gasteiger partial charge in [-0.05, 0) is 30.5 Å². The molecule has 4 heteroatoms. The highest BCUT2D eigenvalue weighted by atomic mass is 35.5. The van der Waals surface area contributed by atoms with Gasteiger partial charge in [0.2, 0.25) is 5.91 Å². The fourth-order valence-corrected chi connectivity index (χ4v) is 1.92. The van der Waals surface area contributed by atoms with Crippen LogP contribution in [-0.4, -0.2) is 19.6 Å². The highest BCUT2D eigenvalue weighted by Gasteiger charge is 2.03. The molecule has 1 amide bonds. The van der Waals surface area contributed by atoms with Crippen molar-refractivity contribution in [3.8, 4) is 5.75 Å². The summed E-state index contributed by atoms with van der Waals surface area (Å²) in [4.78, 5) is 11.4. The van der Waals surface area contributed by atoms with Crippen LogP contribution >= 0.6 is 11.6 Å². The lowest BCUT2D eigenvalue weighted by Gasteiger charge is -2.07.